The van der Waals surface area contributed by atoms with Crippen molar-refractivity contribution in [3.05, 3.63) is 12.0 Å². The zero-order valence-corrected chi connectivity index (χ0v) is 11.2. The molecule has 20 heavy (non-hydrogen) atoms. The van der Waals surface area contributed by atoms with E-state index in [-0.39, 0.29) is 12.5 Å². The molecule has 7 heteroatoms. The fraction of sp³-hybridized carbons (Fsp3) is 0.538. The number of carbonyl (C=O) groups is 1. The molecule has 0 saturated carbocycles. The lowest BCUT2D eigenvalue weighted by Crippen LogP contribution is -2.41. The average Bonchev–Trinajstić information content (AvgIpc) is 2.81. The minimum atomic E-state index is -0.783. The normalized spacial score (nSPS) is 19.4. The average molecular weight is 276 g/mol. The summed E-state index contributed by atoms with van der Waals surface area (Å²) in [5.74, 6) is -0.0473. The maximum absolute atomic E-state index is 11.0. The third-order valence-corrected chi connectivity index (χ3v) is 3.73. The number of aryl methyl sites for hydroxylation is 1. The molecule has 0 aliphatic carbocycles. The van der Waals surface area contributed by atoms with E-state index in [1.165, 1.54) is 6.33 Å². The Kier molecular flexibility index (Phi) is 3.25. The maximum atomic E-state index is 11.0. The largest absolute Gasteiger partial charge is 0.481 e. The highest BCUT2D eigenvalue weighted by Gasteiger charge is 2.28. The Hall–Kier alpha value is -2.18. The van der Waals surface area contributed by atoms with Crippen LogP contribution in [0.2, 0.25) is 0 Å². The second-order valence-corrected chi connectivity index (χ2v) is 5.09. The Morgan fingerprint density at radius 3 is 3.15 bits per heavy atom. The van der Waals surface area contributed by atoms with Gasteiger partial charge in [-0.1, -0.05) is 5.16 Å². The summed E-state index contributed by atoms with van der Waals surface area (Å²) in [6.45, 7) is 2.64. The molecule has 1 aliphatic rings. The van der Waals surface area contributed by atoms with E-state index in [0.717, 1.165) is 42.7 Å². The van der Waals surface area contributed by atoms with Crippen molar-refractivity contribution in [3.63, 3.8) is 0 Å². The molecule has 2 aromatic rings. The lowest BCUT2D eigenvalue weighted by molar-refractivity contribution is -0.137. The van der Waals surface area contributed by atoms with Crippen molar-refractivity contribution in [2.45, 2.75) is 38.6 Å². The van der Waals surface area contributed by atoms with Crippen molar-refractivity contribution in [3.8, 4) is 0 Å². The van der Waals surface area contributed by atoms with Gasteiger partial charge in [0, 0.05) is 12.6 Å². The Morgan fingerprint density at radius 2 is 2.35 bits per heavy atom. The number of carboxylic acids is 1. The Morgan fingerprint density at radius 1 is 1.50 bits per heavy atom. The highest BCUT2D eigenvalue weighted by Crippen LogP contribution is 2.31. The van der Waals surface area contributed by atoms with Crippen LogP contribution in [-0.2, 0) is 4.79 Å². The highest BCUT2D eigenvalue weighted by atomic mass is 16.5. The summed E-state index contributed by atoms with van der Waals surface area (Å²) >= 11 is 0. The quantitative estimate of drug-likeness (QED) is 0.913. The molecule has 1 unspecified atom stereocenters. The molecule has 1 N–H and O–H groups in total. The van der Waals surface area contributed by atoms with Crippen LogP contribution in [0.15, 0.2) is 10.9 Å². The first-order chi connectivity index (χ1) is 9.66. The standard InChI is InChI=1S/C13H16N4O3/c1-8-11-12(14-7-15-13(11)20-16-8)17-5-3-2-4-9(17)6-10(18)19/h7,9H,2-6H2,1H3,(H,18,19). The van der Waals surface area contributed by atoms with Crippen LogP contribution < -0.4 is 4.90 Å². The number of aromatic nitrogens is 3. The smallest absolute Gasteiger partial charge is 0.305 e. The number of aliphatic carboxylic acids is 1. The van der Waals surface area contributed by atoms with Gasteiger partial charge in [0.1, 0.15) is 17.5 Å². The third kappa shape index (κ3) is 2.19. The van der Waals surface area contributed by atoms with Gasteiger partial charge in [0.25, 0.3) is 5.71 Å². The second-order valence-electron chi connectivity index (χ2n) is 5.09. The molecule has 0 radical (unpaired) electrons. The van der Waals surface area contributed by atoms with Gasteiger partial charge in [0.2, 0.25) is 0 Å². The van der Waals surface area contributed by atoms with Crippen molar-refractivity contribution >= 4 is 22.9 Å². The molecule has 106 valence electrons. The number of carboxylic acid groups (broad SMARTS) is 1. The molecule has 3 heterocycles. The predicted octanol–water partition coefficient (Wildman–Crippen LogP) is 1.76. The molecule has 0 aromatic carbocycles. The summed E-state index contributed by atoms with van der Waals surface area (Å²) in [5.41, 5.74) is 1.18. The Labute approximate surface area is 115 Å². The van der Waals surface area contributed by atoms with Crippen LogP contribution in [0.1, 0.15) is 31.4 Å². The number of hydrogen-bond acceptors (Lipinski definition) is 6. The van der Waals surface area contributed by atoms with Gasteiger partial charge in [-0.15, -0.1) is 0 Å². The van der Waals surface area contributed by atoms with Crippen molar-refractivity contribution in [1.82, 2.24) is 15.1 Å². The number of nitrogens with zero attached hydrogens (tertiary/aromatic N) is 4. The number of hydrogen-bond donors (Lipinski definition) is 1. The molecule has 1 atom stereocenters. The first-order valence-electron chi connectivity index (χ1n) is 6.72. The van der Waals surface area contributed by atoms with Gasteiger partial charge in [-0.3, -0.25) is 4.79 Å². The van der Waals surface area contributed by atoms with E-state index in [2.05, 4.69) is 20.0 Å². The van der Waals surface area contributed by atoms with Crippen LogP contribution in [0.4, 0.5) is 5.82 Å². The van der Waals surface area contributed by atoms with Gasteiger partial charge < -0.3 is 14.5 Å². The van der Waals surface area contributed by atoms with Crippen LogP contribution >= 0.6 is 0 Å². The van der Waals surface area contributed by atoms with Crippen molar-refractivity contribution in [2.75, 3.05) is 11.4 Å². The molecule has 1 aliphatic heterocycles. The van der Waals surface area contributed by atoms with Gasteiger partial charge in [-0.2, -0.15) is 4.98 Å². The molecule has 3 rings (SSSR count). The van der Waals surface area contributed by atoms with E-state index in [9.17, 15) is 4.79 Å². The minimum absolute atomic E-state index is 0.0337. The summed E-state index contributed by atoms with van der Waals surface area (Å²) in [6.07, 6.45) is 4.50. The van der Waals surface area contributed by atoms with Crippen LogP contribution in [0, 0.1) is 6.92 Å². The second kappa shape index (κ2) is 5.07. The number of fused-ring (bicyclic) bond motifs is 1. The molecule has 7 nitrogen and oxygen atoms in total. The Bertz CT molecular complexity index is 640. The first-order valence-corrected chi connectivity index (χ1v) is 6.72. The van der Waals surface area contributed by atoms with Crippen molar-refractivity contribution in [1.29, 1.82) is 0 Å². The molecule has 1 saturated heterocycles. The first kappa shape index (κ1) is 12.8. The summed E-state index contributed by atoms with van der Waals surface area (Å²) in [7, 11) is 0. The zero-order valence-electron chi connectivity index (χ0n) is 11.2. The molecule has 2 aromatic heterocycles. The topological polar surface area (TPSA) is 92.4 Å². The van der Waals surface area contributed by atoms with Gasteiger partial charge >= 0.3 is 5.97 Å². The highest BCUT2D eigenvalue weighted by molar-refractivity contribution is 5.88. The number of anilines is 1. The number of piperidine rings is 1. The van der Waals surface area contributed by atoms with Crippen molar-refractivity contribution in [2.24, 2.45) is 0 Å². The van der Waals surface area contributed by atoms with Crippen LogP contribution in [0.3, 0.4) is 0 Å². The summed E-state index contributed by atoms with van der Waals surface area (Å²) < 4.78 is 5.15. The van der Waals surface area contributed by atoms with Crippen molar-refractivity contribution < 1.29 is 14.4 Å². The monoisotopic (exact) mass is 276 g/mol. The minimum Gasteiger partial charge on any atom is -0.481 e. The molecule has 0 bridgehead atoms. The number of rotatable bonds is 3. The summed E-state index contributed by atoms with van der Waals surface area (Å²) in [5, 5.41) is 13.8. The fourth-order valence-corrected chi connectivity index (χ4v) is 2.81. The lowest BCUT2D eigenvalue weighted by Gasteiger charge is -2.36. The molecular weight excluding hydrogens is 260 g/mol. The van der Waals surface area contributed by atoms with E-state index in [4.69, 9.17) is 9.63 Å². The van der Waals surface area contributed by atoms with Gasteiger partial charge in [0.05, 0.1) is 12.1 Å². The van der Waals surface area contributed by atoms with Crippen LogP contribution in [0.5, 0.6) is 0 Å². The maximum Gasteiger partial charge on any atom is 0.305 e. The molecule has 0 spiro atoms. The SMILES string of the molecule is Cc1noc2ncnc(N3CCCCC3CC(=O)O)c12. The lowest BCUT2D eigenvalue weighted by atomic mass is 9.99. The molecule has 1 fully saturated rings. The van der Waals surface area contributed by atoms with Gasteiger partial charge in [-0.25, -0.2) is 4.98 Å². The van der Waals surface area contributed by atoms with Gasteiger partial charge in [0.15, 0.2) is 0 Å². The van der Waals surface area contributed by atoms with E-state index >= 15 is 0 Å². The van der Waals surface area contributed by atoms with E-state index in [1.54, 1.807) is 0 Å². The van der Waals surface area contributed by atoms with E-state index in [0.29, 0.717) is 5.71 Å². The van der Waals surface area contributed by atoms with Crippen LogP contribution in [-0.4, -0.2) is 38.8 Å². The fourth-order valence-electron chi connectivity index (χ4n) is 2.81. The zero-order chi connectivity index (χ0) is 14.1. The Balaban J connectivity index is 2.03. The van der Waals surface area contributed by atoms with Gasteiger partial charge in [-0.05, 0) is 26.2 Å². The molecular formula is C13H16N4O3. The van der Waals surface area contributed by atoms with E-state index < -0.39 is 5.97 Å². The summed E-state index contributed by atoms with van der Waals surface area (Å²) in [6, 6.07) is -0.0337. The van der Waals surface area contributed by atoms with E-state index in [1.807, 2.05) is 6.92 Å². The van der Waals surface area contributed by atoms with Crippen LogP contribution in [0.25, 0.3) is 11.1 Å². The molecule has 0 amide bonds. The predicted molar refractivity (Wildman–Crippen MR) is 71.6 cm³/mol. The third-order valence-electron chi connectivity index (χ3n) is 3.73. The summed E-state index contributed by atoms with van der Waals surface area (Å²) in [4.78, 5) is 21.5.